The van der Waals surface area contributed by atoms with Gasteiger partial charge in [-0.05, 0) is 24.3 Å². The van der Waals surface area contributed by atoms with Crippen molar-refractivity contribution in [1.29, 1.82) is 0 Å². The third kappa shape index (κ3) is 2.81. The van der Waals surface area contributed by atoms with Gasteiger partial charge in [0.25, 0.3) is 0 Å². The lowest BCUT2D eigenvalue weighted by atomic mass is 10.3. The minimum atomic E-state index is -0.283. The molecule has 2 aromatic heterocycles. The Labute approximate surface area is 159 Å². The number of aromatic nitrogens is 5. The highest BCUT2D eigenvalue weighted by Crippen LogP contribution is 2.29. The molecule has 0 fully saturated rings. The number of nitrogens with one attached hydrogen (secondary N) is 1. The summed E-state index contributed by atoms with van der Waals surface area (Å²) in [4.78, 5) is 16.9. The van der Waals surface area contributed by atoms with Gasteiger partial charge in [-0.1, -0.05) is 48.3 Å². The predicted octanol–water partition coefficient (Wildman–Crippen LogP) is 3.83. The van der Waals surface area contributed by atoms with Crippen molar-refractivity contribution in [3.8, 4) is 5.69 Å². The number of benzene rings is 2. The van der Waals surface area contributed by atoms with Gasteiger partial charge in [-0.15, -0.1) is 0 Å². The molecule has 26 heavy (non-hydrogen) atoms. The summed E-state index contributed by atoms with van der Waals surface area (Å²) in [6.07, 6.45) is 0.726. The van der Waals surface area contributed by atoms with Crippen molar-refractivity contribution in [3.05, 3.63) is 74.6 Å². The fourth-order valence-corrected chi connectivity index (χ4v) is 3.35. The smallest absolute Gasteiger partial charge is 0.320 e. The number of H-pyrrole nitrogens is 1. The molecular formula is C18H15Cl2N5O. The molecule has 0 unspecified atom stereocenters. The van der Waals surface area contributed by atoms with E-state index in [1.165, 1.54) is 0 Å². The van der Waals surface area contributed by atoms with Crippen molar-refractivity contribution in [2.45, 2.75) is 19.9 Å². The lowest BCUT2D eigenvalue weighted by Gasteiger charge is -2.10. The van der Waals surface area contributed by atoms with Crippen LogP contribution in [0.25, 0.3) is 16.7 Å². The molecule has 0 amide bonds. The van der Waals surface area contributed by atoms with Crippen LogP contribution in [0.5, 0.6) is 0 Å². The predicted molar refractivity (Wildman–Crippen MR) is 102 cm³/mol. The molecule has 6 nitrogen and oxygen atoms in total. The zero-order valence-corrected chi connectivity index (χ0v) is 15.4. The summed E-state index contributed by atoms with van der Waals surface area (Å²) in [6.45, 7) is 2.40. The number of nitrogens with zero attached hydrogens (tertiary/aromatic N) is 4. The summed E-state index contributed by atoms with van der Waals surface area (Å²) in [5.41, 5.74) is 2.09. The first kappa shape index (κ1) is 16.9. The van der Waals surface area contributed by atoms with Crippen LogP contribution in [-0.4, -0.2) is 24.3 Å². The summed E-state index contributed by atoms with van der Waals surface area (Å²) in [7, 11) is 0. The fourth-order valence-electron chi connectivity index (χ4n) is 3.04. The fraction of sp³-hybridized carbons (Fsp3) is 0.167. The molecule has 132 valence electrons. The average Bonchev–Trinajstić information content (AvgIpc) is 3.17. The number of rotatable bonds is 4. The van der Waals surface area contributed by atoms with Gasteiger partial charge >= 0.3 is 5.69 Å². The van der Waals surface area contributed by atoms with E-state index in [2.05, 4.69) is 15.2 Å². The zero-order valence-electron chi connectivity index (χ0n) is 13.9. The number of hydrogen-bond donors (Lipinski definition) is 1. The van der Waals surface area contributed by atoms with Crippen molar-refractivity contribution in [2.24, 2.45) is 0 Å². The zero-order chi connectivity index (χ0) is 18.3. The van der Waals surface area contributed by atoms with E-state index < -0.39 is 0 Å². The lowest BCUT2D eigenvalue weighted by molar-refractivity contribution is 0.698. The Morgan fingerprint density at radius 2 is 1.81 bits per heavy atom. The first-order valence-electron chi connectivity index (χ1n) is 8.14. The van der Waals surface area contributed by atoms with Crippen LogP contribution in [0.1, 0.15) is 18.6 Å². The highest BCUT2D eigenvalue weighted by molar-refractivity contribution is 6.42. The molecule has 4 aromatic rings. The quantitative estimate of drug-likeness (QED) is 0.578. The number of halogens is 2. The lowest BCUT2D eigenvalue weighted by Crippen LogP contribution is -2.18. The van der Waals surface area contributed by atoms with E-state index in [1.807, 2.05) is 41.8 Å². The second-order valence-electron chi connectivity index (χ2n) is 5.84. The molecule has 0 aliphatic heterocycles. The molecule has 0 atom stereocenters. The van der Waals surface area contributed by atoms with Crippen molar-refractivity contribution in [2.75, 3.05) is 0 Å². The van der Waals surface area contributed by atoms with Crippen molar-refractivity contribution in [1.82, 2.24) is 24.3 Å². The Kier molecular flexibility index (Phi) is 4.30. The third-order valence-electron chi connectivity index (χ3n) is 4.24. The molecule has 2 aromatic carbocycles. The molecule has 0 radical (unpaired) electrons. The van der Waals surface area contributed by atoms with Gasteiger partial charge < -0.3 is 4.57 Å². The van der Waals surface area contributed by atoms with Gasteiger partial charge in [-0.2, -0.15) is 5.10 Å². The monoisotopic (exact) mass is 387 g/mol. The van der Waals surface area contributed by atoms with Gasteiger partial charge in [0.15, 0.2) is 5.82 Å². The van der Waals surface area contributed by atoms with Gasteiger partial charge in [0, 0.05) is 6.42 Å². The maximum atomic E-state index is 12.3. The van der Waals surface area contributed by atoms with Gasteiger partial charge in [0.05, 0.1) is 33.3 Å². The molecular weight excluding hydrogens is 373 g/mol. The summed E-state index contributed by atoms with van der Waals surface area (Å²) in [5, 5.41) is 7.67. The minimum absolute atomic E-state index is 0.283. The molecule has 4 rings (SSSR count). The van der Waals surface area contributed by atoms with Crippen LogP contribution in [0.3, 0.4) is 0 Å². The summed E-state index contributed by atoms with van der Waals surface area (Å²) >= 11 is 12.3. The van der Waals surface area contributed by atoms with Crippen LogP contribution in [0.15, 0.2) is 47.3 Å². The molecule has 0 saturated carbocycles. The van der Waals surface area contributed by atoms with Crippen LogP contribution >= 0.6 is 23.2 Å². The Bertz CT molecular complexity index is 1140. The van der Waals surface area contributed by atoms with Crippen LogP contribution in [-0.2, 0) is 13.0 Å². The van der Waals surface area contributed by atoms with E-state index in [4.69, 9.17) is 23.2 Å². The standard InChI is InChI=1S/C18H15Cl2N5O/c1-2-16-21-14-8-12(19)13(20)9-15(14)24(16)10-17-22-23-18(26)25(17)11-6-4-3-5-7-11/h3-9H,2,10H2,1H3,(H,23,26). The second kappa shape index (κ2) is 6.63. The second-order valence-corrected chi connectivity index (χ2v) is 6.65. The third-order valence-corrected chi connectivity index (χ3v) is 4.96. The number of aryl methyl sites for hydroxylation is 1. The summed E-state index contributed by atoms with van der Waals surface area (Å²) < 4.78 is 3.56. The topological polar surface area (TPSA) is 68.5 Å². The van der Waals surface area contributed by atoms with E-state index in [-0.39, 0.29) is 5.69 Å². The molecule has 0 saturated heterocycles. The number of aromatic amines is 1. The molecule has 0 aliphatic rings. The molecule has 1 N–H and O–H groups in total. The number of fused-ring (bicyclic) bond motifs is 1. The van der Waals surface area contributed by atoms with Gasteiger partial charge in [0.1, 0.15) is 5.82 Å². The number of hydrogen-bond acceptors (Lipinski definition) is 3. The van der Waals surface area contributed by atoms with Crippen molar-refractivity contribution >= 4 is 34.2 Å². The van der Waals surface area contributed by atoms with Crippen LogP contribution in [0.2, 0.25) is 10.0 Å². The van der Waals surface area contributed by atoms with Gasteiger partial charge in [-0.3, -0.25) is 0 Å². The van der Waals surface area contributed by atoms with E-state index in [0.717, 1.165) is 29.0 Å². The number of imidazole rings is 1. The first-order valence-corrected chi connectivity index (χ1v) is 8.90. The van der Waals surface area contributed by atoms with Gasteiger partial charge in [-0.25, -0.2) is 19.4 Å². The normalized spacial score (nSPS) is 11.3. The molecule has 2 heterocycles. The van der Waals surface area contributed by atoms with Crippen molar-refractivity contribution in [3.63, 3.8) is 0 Å². The van der Waals surface area contributed by atoms with Crippen LogP contribution in [0.4, 0.5) is 0 Å². The van der Waals surface area contributed by atoms with Crippen molar-refractivity contribution < 1.29 is 0 Å². The maximum absolute atomic E-state index is 12.3. The molecule has 8 heteroatoms. The Balaban J connectivity index is 1.87. The van der Waals surface area contributed by atoms with E-state index in [1.54, 1.807) is 16.7 Å². The highest BCUT2D eigenvalue weighted by Gasteiger charge is 2.16. The molecule has 0 spiro atoms. The highest BCUT2D eigenvalue weighted by atomic mass is 35.5. The van der Waals surface area contributed by atoms with E-state index in [9.17, 15) is 4.79 Å². The summed E-state index contributed by atoms with van der Waals surface area (Å²) in [6, 6.07) is 12.9. The van der Waals surface area contributed by atoms with Crippen LogP contribution in [0, 0.1) is 0 Å². The SMILES string of the molecule is CCc1nc2cc(Cl)c(Cl)cc2n1Cc1n[nH]c(=O)n1-c1ccccc1. The molecule has 0 bridgehead atoms. The minimum Gasteiger partial charge on any atom is -0.320 e. The average molecular weight is 388 g/mol. The largest absolute Gasteiger partial charge is 0.347 e. The maximum Gasteiger partial charge on any atom is 0.347 e. The number of para-hydroxylation sites is 1. The first-order chi connectivity index (χ1) is 12.6. The van der Waals surface area contributed by atoms with E-state index in [0.29, 0.717) is 22.4 Å². The van der Waals surface area contributed by atoms with Gasteiger partial charge in [0.2, 0.25) is 0 Å². The molecule has 0 aliphatic carbocycles. The van der Waals surface area contributed by atoms with E-state index >= 15 is 0 Å². The Hall–Kier alpha value is -2.57. The summed E-state index contributed by atoms with van der Waals surface area (Å²) in [5.74, 6) is 1.45. The Morgan fingerprint density at radius 1 is 1.08 bits per heavy atom. The Morgan fingerprint density at radius 3 is 2.54 bits per heavy atom. The van der Waals surface area contributed by atoms with Crippen LogP contribution < -0.4 is 5.69 Å².